The Morgan fingerprint density at radius 3 is 2.89 bits per heavy atom. The topological polar surface area (TPSA) is 96.0 Å². The van der Waals surface area contributed by atoms with Crippen LogP contribution in [-0.4, -0.2) is 28.9 Å². The first kappa shape index (κ1) is 10.5. The van der Waals surface area contributed by atoms with Crippen molar-refractivity contribution in [2.45, 2.75) is 13.1 Å². The molecule has 8 nitrogen and oxygen atoms in total. The Hall–Kier alpha value is -2.64. The summed E-state index contributed by atoms with van der Waals surface area (Å²) in [6, 6.07) is 0. The maximum Gasteiger partial charge on any atom is 0.350 e. The van der Waals surface area contributed by atoms with Gasteiger partial charge in [0.2, 0.25) is 0 Å². The van der Waals surface area contributed by atoms with E-state index in [1.165, 1.54) is 9.08 Å². The maximum absolute atomic E-state index is 11.9. The highest BCUT2D eigenvalue weighted by molar-refractivity contribution is 5.32. The van der Waals surface area contributed by atoms with E-state index < -0.39 is 0 Å². The predicted octanol–water partition coefficient (Wildman–Crippen LogP) is -0.630. The molecule has 3 aromatic heterocycles. The Labute approximate surface area is 101 Å². The number of nitrogens with zero attached hydrogens (tertiary/aromatic N) is 6. The summed E-state index contributed by atoms with van der Waals surface area (Å²) in [5, 5.41) is 8.21. The second-order valence-corrected chi connectivity index (χ2v) is 3.85. The van der Waals surface area contributed by atoms with Crippen molar-refractivity contribution in [2.75, 3.05) is 5.73 Å². The fourth-order valence-electron chi connectivity index (χ4n) is 1.72. The zero-order chi connectivity index (χ0) is 12.5. The van der Waals surface area contributed by atoms with Gasteiger partial charge < -0.3 is 5.73 Å². The summed E-state index contributed by atoms with van der Waals surface area (Å²) in [6.45, 7) is 0.968. The van der Waals surface area contributed by atoms with E-state index in [4.69, 9.17) is 5.73 Å². The molecule has 0 aliphatic carbocycles. The predicted molar refractivity (Wildman–Crippen MR) is 63.9 cm³/mol. The number of hydrogen-bond donors (Lipinski definition) is 1. The molecule has 92 valence electrons. The van der Waals surface area contributed by atoms with Crippen LogP contribution >= 0.6 is 0 Å². The smallest absolute Gasteiger partial charge is 0.350 e. The molecule has 0 aliphatic rings. The van der Waals surface area contributed by atoms with E-state index in [0.717, 1.165) is 0 Å². The summed E-state index contributed by atoms with van der Waals surface area (Å²) in [4.78, 5) is 15.9. The molecule has 0 aromatic carbocycles. The van der Waals surface area contributed by atoms with Crippen LogP contribution in [-0.2, 0) is 13.1 Å². The molecule has 0 fully saturated rings. The molecule has 8 heteroatoms. The molecule has 3 aromatic rings. The fourth-order valence-corrected chi connectivity index (χ4v) is 1.72. The Morgan fingerprint density at radius 2 is 2.17 bits per heavy atom. The van der Waals surface area contributed by atoms with Crippen LogP contribution in [0.5, 0.6) is 0 Å². The molecule has 0 amide bonds. The third-order valence-corrected chi connectivity index (χ3v) is 2.58. The Morgan fingerprint density at radius 1 is 1.28 bits per heavy atom. The lowest BCUT2D eigenvalue weighted by Crippen LogP contribution is -2.23. The summed E-state index contributed by atoms with van der Waals surface area (Å²) >= 11 is 0. The molecular weight excluding hydrogens is 234 g/mol. The number of rotatable bonds is 3. The van der Waals surface area contributed by atoms with Gasteiger partial charge in [0.05, 0.1) is 31.2 Å². The minimum Gasteiger partial charge on any atom is -0.396 e. The molecule has 0 radical (unpaired) electrons. The van der Waals surface area contributed by atoms with Crippen LogP contribution in [0.3, 0.4) is 0 Å². The molecule has 18 heavy (non-hydrogen) atoms. The first-order valence-electron chi connectivity index (χ1n) is 5.41. The molecular formula is C10H11N7O. The number of aryl methyl sites for hydroxylation is 2. The molecule has 3 heterocycles. The van der Waals surface area contributed by atoms with E-state index >= 15 is 0 Å². The first-order chi connectivity index (χ1) is 8.74. The van der Waals surface area contributed by atoms with Gasteiger partial charge in [-0.3, -0.25) is 9.67 Å². The lowest BCUT2D eigenvalue weighted by molar-refractivity contribution is 0.489. The zero-order valence-electron chi connectivity index (χ0n) is 9.47. The van der Waals surface area contributed by atoms with Crippen molar-refractivity contribution in [3.63, 3.8) is 0 Å². The number of aromatic nitrogens is 6. The van der Waals surface area contributed by atoms with E-state index in [0.29, 0.717) is 24.4 Å². The average molecular weight is 245 g/mol. The molecule has 0 unspecified atom stereocenters. The molecule has 0 saturated heterocycles. The molecule has 0 spiro atoms. The third-order valence-electron chi connectivity index (χ3n) is 2.58. The van der Waals surface area contributed by atoms with Gasteiger partial charge in [0.1, 0.15) is 0 Å². The van der Waals surface area contributed by atoms with Gasteiger partial charge in [0.25, 0.3) is 0 Å². The summed E-state index contributed by atoms with van der Waals surface area (Å²) < 4.78 is 4.50. The van der Waals surface area contributed by atoms with Crippen LogP contribution in [0, 0.1) is 0 Å². The SMILES string of the molecule is Nc1cnn(CCn2nc3cnccn3c2=O)c1. The highest BCUT2D eigenvalue weighted by Gasteiger charge is 2.06. The van der Waals surface area contributed by atoms with Crippen LogP contribution in [0.4, 0.5) is 5.69 Å². The van der Waals surface area contributed by atoms with Crippen molar-refractivity contribution in [3.05, 3.63) is 41.5 Å². The second-order valence-electron chi connectivity index (χ2n) is 3.85. The standard InChI is InChI=1S/C10H11N7O/c11-8-5-13-15(7-8)3-4-17-10(18)16-2-1-12-6-9(16)14-17/h1-2,5-7H,3-4,11H2. The van der Waals surface area contributed by atoms with E-state index in [2.05, 4.69) is 15.2 Å². The van der Waals surface area contributed by atoms with Gasteiger partial charge >= 0.3 is 5.69 Å². The van der Waals surface area contributed by atoms with Gasteiger partial charge in [-0.05, 0) is 0 Å². The van der Waals surface area contributed by atoms with Crippen molar-refractivity contribution in [1.82, 2.24) is 28.9 Å². The van der Waals surface area contributed by atoms with Crippen LogP contribution in [0.15, 0.2) is 35.8 Å². The minimum absolute atomic E-state index is 0.187. The van der Waals surface area contributed by atoms with E-state index in [-0.39, 0.29) is 5.69 Å². The number of nitrogens with two attached hydrogens (primary N) is 1. The number of hydrogen-bond acceptors (Lipinski definition) is 5. The van der Waals surface area contributed by atoms with Gasteiger partial charge in [-0.25, -0.2) is 13.9 Å². The van der Waals surface area contributed by atoms with E-state index in [1.807, 2.05) is 0 Å². The molecule has 0 saturated carbocycles. The van der Waals surface area contributed by atoms with Crippen LogP contribution in [0.25, 0.3) is 5.65 Å². The fraction of sp³-hybridized carbons (Fsp3) is 0.200. The van der Waals surface area contributed by atoms with Crippen LogP contribution in [0.2, 0.25) is 0 Å². The highest BCUT2D eigenvalue weighted by atomic mass is 16.2. The summed E-state index contributed by atoms with van der Waals surface area (Å²) in [5.74, 6) is 0. The van der Waals surface area contributed by atoms with E-state index in [1.54, 1.807) is 35.7 Å². The van der Waals surface area contributed by atoms with Crippen LogP contribution < -0.4 is 11.4 Å². The van der Waals surface area contributed by atoms with Gasteiger partial charge in [-0.15, -0.1) is 5.10 Å². The monoisotopic (exact) mass is 245 g/mol. The van der Waals surface area contributed by atoms with Crippen molar-refractivity contribution in [2.24, 2.45) is 0 Å². The lowest BCUT2D eigenvalue weighted by atomic mass is 10.6. The number of fused-ring (bicyclic) bond motifs is 1. The third kappa shape index (κ3) is 1.73. The van der Waals surface area contributed by atoms with Crippen molar-refractivity contribution >= 4 is 11.3 Å². The summed E-state index contributed by atoms with van der Waals surface area (Å²) in [5.41, 5.74) is 6.50. The molecule has 0 bridgehead atoms. The average Bonchev–Trinajstić information content (AvgIpc) is 2.92. The first-order valence-corrected chi connectivity index (χ1v) is 5.41. The Balaban J connectivity index is 1.87. The highest BCUT2D eigenvalue weighted by Crippen LogP contribution is 1.98. The normalized spacial score (nSPS) is 11.1. The molecule has 3 rings (SSSR count). The number of nitrogen functional groups attached to an aromatic ring is 1. The molecule has 0 atom stereocenters. The Kier molecular flexibility index (Phi) is 2.33. The molecule has 0 aliphatic heterocycles. The lowest BCUT2D eigenvalue weighted by Gasteiger charge is -1.99. The summed E-state index contributed by atoms with van der Waals surface area (Å²) in [7, 11) is 0. The van der Waals surface area contributed by atoms with Gasteiger partial charge in [0.15, 0.2) is 5.65 Å². The maximum atomic E-state index is 11.9. The van der Waals surface area contributed by atoms with Gasteiger partial charge in [0, 0.05) is 18.6 Å². The van der Waals surface area contributed by atoms with Gasteiger partial charge in [-0.1, -0.05) is 0 Å². The largest absolute Gasteiger partial charge is 0.396 e. The second kappa shape index (κ2) is 3.99. The quantitative estimate of drug-likeness (QED) is 0.662. The van der Waals surface area contributed by atoms with E-state index in [9.17, 15) is 4.79 Å². The van der Waals surface area contributed by atoms with Crippen molar-refractivity contribution in [1.29, 1.82) is 0 Å². The van der Waals surface area contributed by atoms with Gasteiger partial charge in [-0.2, -0.15) is 5.10 Å². The van der Waals surface area contributed by atoms with Crippen molar-refractivity contribution in [3.8, 4) is 0 Å². The Bertz CT molecular complexity index is 738. The van der Waals surface area contributed by atoms with Crippen LogP contribution in [0.1, 0.15) is 0 Å². The zero-order valence-corrected chi connectivity index (χ0v) is 9.47. The minimum atomic E-state index is -0.187. The number of anilines is 1. The molecule has 2 N–H and O–H groups in total. The summed E-state index contributed by atoms with van der Waals surface area (Å²) in [6.07, 6.45) is 7.96. The van der Waals surface area contributed by atoms with Crippen molar-refractivity contribution < 1.29 is 0 Å².